The van der Waals surface area contributed by atoms with Crippen molar-refractivity contribution >= 4 is 28.8 Å². The number of ether oxygens (including phenoxy) is 1. The van der Waals surface area contributed by atoms with E-state index in [4.69, 9.17) is 4.74 Å². The number of hydrogen-bond acceptors (Lipinski definition) is 4. The molecule has 1 aromatic carbocycles. The summed E-state index contributed by atoms with van der Waals surface area (Å²) >= 11 is 1.71. The Morgan fingerprint density at radius 2 is 2.00 bits per heavy atom. The van der Waals surface area contributed by atoms with Crippen molar-refractivity contribution in [1.29, 1.82) is 0 Å². The van der Waals surface area contributed by atoms with Crippen molar-refractivity contribution in [1.82, 2.24) is 5.32 Å². The van der Waals surface area contributed by atoms with Crippen molar-refractivity contribution < 1.29 is 14.3 Å². The second-order valence-electron chi connectivity index (χ2n) is 7.82. The number of thiophene rings is 1. The first kappa shape index (κ1) is 19.0. The predicted octanol–water partition coefficient (Wildman–Crippen LogP) is 3.74. The normalized spacial score (nSPS) is 21.1. The minimum absolute atomic E-state index is 0.00117. The molecule has 1 aromatic heterocycles. The lowest BCUT2D eigenvalue weighted by Crippen LogP contribution is -2.42. The molecule has 1 atom stereocenters. The van der Waals surface area contributed by atoms with Gasteiger partial charge in [0.25, 0.3) is 0 Å². The summed E-state index contributed by atoms with van der Waals surface area (Å²) in [6.45, 7) is 1.10. The third-order valence-electron chi connectivity index (χ3n) is 6.18. The molecule has 0 bridgehead atoms. The molecular weight excluding hydrogens is 372 g/mol. The van der Waals surface area contributed by atoms with Crippen LogP contribution in [0.25, 0.3) is 0 Å². The summed E-state index contributed by atoms with van der Waals surface area (Å²) in [6.07, 6.45) is 4.91. The lowest BCUT2D eigenvalue weighted by atomic mass is 9.80. The van der Waals surface area contributed by atoms with Crippen LogP contribution in [-0.4, -0.2) is 32.0 Å². The van der Waals surface area contributed by atoms with Crippen LogP contribution in [-0.2, 0) is 15.0 Å². The van der Waals surface area contributed by atoms with Crippen molar-refractivity contribution in [2.45, 2.75) is 37.5 Å². The first-order chi connectivity index (χ1) is 13.6. The number of nitrogens with zero attached hydrogens (tertiary/aromatic N) is 1. The van der Waals surface area contributed by atoms with E-state index in [0.717, 1.165) is 24.3 Å². The molecule has 2 aromatic rings. The molecule has 2 heterocycles. The molecule has 4 rings (SSSR count). The largest absolute Gasteiger partial charge is 0.497 e. The minimum atomic E-state index is -0.296. The first-order valence-electron chi connectivity index (χ1n) is 9.86. The summed E-state index contributed by atoms with van der Waals surface area (Å²) in [7, 11) is 1.61. The van der Waals surface area contributed by atoms with Gasteiger partial charge in [-0.25, -0.2) is 0 Å². The third-order valence-corrected chi connectivity index (χ3v) is 6.86. The second kappa shape index (κ2) is 7.95. The zero-order chi connectivity index (χ0) is 19.6. The zero-order valence-corrected chi connectivity index (χ0v) is 17.0. The molecule has 2 fully saturated rings. The summed E-state index contributed by atoms with van der Waals surface area (Å²) in [5.74, 6) is 0.445. The Morgan fingerprint density at radius 3 is 2.64 bits per heavy atom. The Bertz CT molecular complexity index is 826. The van der Waals surface area contributed by atoms with Crippen LogP contribution in [0.3, 0.4) is 0 Å². The Hall–Kier alpha value is -2.34. The number of methoxy groups -OCH3 is 1. The van der Waals surface area contributed by atoms with E-state index >= 15 is 0 Å². The van der Waals surface area contributed by atoms with Crippen molar-refractivity contribution in [2.75, 3.05) is 25.1 Å². The number of anilines is 1. The molecule has 1 N–H and O–H groups in total. The zero-order valence-electron chi connectivity index (χ0n) is 16.1. The maximum atomic E-state index is 12.8. The molecule has 0 spiro atoms. The van der Waals surface area contributed by atoms with Gasteiger partial charge in [0.2, 0.25) is 11.8 Å². The average molecular weight is 399 g/mol. The van der Waals surface area contributed by atoms with Gasteiger partial charge in [-0.3, -0.25) is 9.59 Å². The van der Waals surface area contributed by atoms with E-state index in [1.54, 1.807) is 23.3 Å². The standard InChI is InChI=1S/C22H26N2O3S/c1-27-19-6-4-18(5-7-19)24-13-16(12-20(24)25)21(26)23-15-22(9-2-3-10-22)17-8-11-28-14-17/h4-8,11,14,16H,2-3,9-10,12-13,15H2,1H3,(H,23,26). The molecule has 28 heavy (non-hydrogen) atoms. The molecule has 5 nitrogen and oxygen atoms in total. The van der Waals surface area contributed by atoms with Crippen LogP contribution in [0, 0.1) is 5.92 Å². The lowest BCUT2D eigenvalue weighted by Gasteiger charge is -2.29. The molecule has 1 aliphatic heterocycles. The van der Waals surface area contributed by atoms with Crippen molar-refractivity contribution in [3.8, 4) is 5.75 Å². The van der Waals surface area contributed by atoms with Crippen LogP contribution >= 0.6 is 11.3 Å². The highest BCUT2D eigenvalue weighted by molar-refractivity contribution is 7.08. The highest BCUT2D eigenvalue weighted by Gasteiger charge is 2.39. The molecule has 1 saturated heterocycles. The van der Waals surface area contributed by atoms with Crippen LogP contribution in [0.15, 0.2) is 41.1 Å². The van der Waals surface area contributed by atoms with E-state index in [0.29, 0.717) is 13.1 Å². The van der Waals surface area contributed by atoms with E-state index in [1.165, 1.54) is 18.4 Å². The number of benzene rings is 1. The molecule has 1 unspecified atom stereocenters. The fourth-order valence-electron chi connectivity index (χ4n) is 4.48. The van der Waals surface area contributed by atoms with Crippen molar-refractivity contribution in [3.05, 3.63) is 46.7 Å². The van der Waals surface area contributed by atoms with Gasteiger partial charge in [-0.2, -0.15) is 11.3 Å². The Labute approximate surface area is 169 Å². The topological polar surface area (TPSA) is 58.6 Å². The van der Waals surface area contributed by atoms with Gasteiger partial charge in [-0.15, -0.1) is 0 Å². The monoisotopic (exact) mass is 398 g/mol. The molecule has 2 aliphatic rings. The summed E-state index contributed by atoms with van der Waals surface area (Å²) in [5.41, 5.74) is 2.22. The fraction of sp³-hybridized carbons (Fsp3) is 0.455. The predicted molar refractivity (Wildman–Crippen MR) is 111 cm³/mol. The maximum Gasteiger partial charge on any atom is 0.227 e. The fourth-order valence-corrected chi connectivity index (χ4v) is 5.26. The van der Waals surface area contributed by atoms with Crippen molar-refractivity contribution in [3.63, 3.8) is 0 Å². The number of hydrogen-bond donors (Lipinski definition) is 1. The number of nitrogens with one attached hydrogen (secondary N) is 1. The highest BCUT2D eigenvalue weighted by atomic mass is 32.1. The Balaban J connectivity index is 1.39. The first-order valence-corrected chi connectivity index (χ1v) is 10.8. The van der Waals surface area contributed by atoms with Gasteiger partial charge < -0.3 is 15.0 Å². The second-order valence-corrected chi connectivity index (χ2v) is 8.60. The summed E-state index contributed by atoms with van der Waals surface area (Å²) in [4.78, 5) is 27.0. The third kappa shape index (κ3) is 3.65. The maximum absolute atomic E-state index is 12.8. The SMILES string of the molecule is COc1ccc(N2CC(C(=O)NCC3(c4ccsc4)CCCC3)CC2=O)cc1. The van der Waals surface area contributed by atoms with Crippen LogP contribution < -0.4 is 15.0 Å². The number of carbonyl (C=O) groups is 2. The average Bonchev–Trinajstić information content (AvgIpc) is 3.47. The van der Waals surface area contributed by atoms with Gasteiger partial charge in [0, 0.05) is 30.6 Å². The van der Waals surface area contributed by atoms with Gasteiger partial charge in [0.05, 0.1) is 13.0 Å². The van der Waals surface area contributed by atoms with Crippen LogP contribution in [0.2, 0.25) is 0 Å². The van der Waals surface area contributed by atoms with Crippen LogP contribution in [0.5, 0.6) is 5.75 Å². The molecule has 1 saturated carbocycles. The van der Waals surface area contributed by atoms with Gasteiger partial charge in [-0.05, 0) is 59.5 Å². The number of amides is 2. The van der Waals surface area contributed by atoms with Crippen molar-refractivity contribution in [2.24, 2.45) is 5.92 Å². The van der Waals surface area contributed by atoms with Gasteiger partial charge in [0.15, 0.2) is 0 Å². The smallest absolute Gasteiger partial charge is 0.227 e. The summed E-state index contributed by atoms with van der Waals surface area (Å²) < 4.78 is 5.17. The van der Waals surface area contributed by atoms with E-state index < -0.39 is 0 Å². The number of carbonyl (C=O) groups excluding carboxylic acids is 2. The molecule has 6 heteroatoms. The summed E-state index contributed by atoms with van der Waals surface area (Å²) in [5, 5.41) is 7.49. The quantitative estimate of drug-likeness (QED) is 0.806. The van der Waals surface area contributed by atoms with E-state index in [-0.39, 0.29) is 29.6 Å². The number of rotatable bonds is 6. The van der Waals surface area contributed by atoms with Crippen LogP contribution in [0.4, 0.5) is 5.69 Å². The van der Waals surface area contributed by atoms with E-state index in [1.807, 2.05) is 24.3 Å². The molecule has 1 aliphatic carbocycles. The summed E-state index contributed by atoms with van der Waals surface area (Å²) in [6, 6.07) is 9.58. The van der Waals surface area contributed by atoms with Crippen LogP contribution in [0.1, 0.15) is 37.7 Å². The Morgan fingerprint density at radius 1 is 1.25 bits per heavy atom. The minimum Gasteiger partial charge on any atom is -0.497 e. The van der Waals surface area contributed by atoms with Gasteiger partial charge in [-0.1, -0.05) is 12.8 Å². The van der Waals surface area contributed by atoms with E-state index in [2.05, 4.69) is 22.1 Å². The van der Waals surface area contributed by atoms with E-state index in [9.17, 15) is 9.59 Å². The molecular formula is C22H26N2O3S. The molecule has 0 radical (unpaired) electrons. The Kier molecular flexibility index (Phi) is 5.40. The lowest BCUT2D eigenvalue weighted by molar-refractivity contribution is -0.126. The van der Waals surface area contributed by atoms with Gasteiger partial charge in [0.1, 0.15) is 5.75 Å². The van der Waals surface area contributed by atoms with Gasteiger partial charge >= 0.3 is 0 Å². The molecule has 2 amide bonds. The highest BCUT2D eigenvalue weighted by Crippen LogP contribution is 2.41. The molecule has 148 valence electrons.